The van der Waals surface area contributed by atoms with Crippen molar-refractivity contribution in [3.63, 3.8) is 0 Å². The summed E-state index contributed by atoms with van der Waals surface area (Å²) in [6, 6.07) is 4.06. The van der Waals surface area contributed by atoms with Gasteiger partial charge in [0.05, 0.1) is 0 Å². The summed E-state index contributed by atoms with van der Waals surface area (Å²) in [7, 11) is 2.16. The first kappa shape index (κ1) is 13.2. The van der Waals surface area contributed by atoms with Crippen molar-refractivity contribution >= 4 is 23.2 Å². The van der Waals surface area contributed by atoms with Crippen LogP contribution in [-0.4, -0.2) is 43.0 Å². The van der Waals surface area contributed by atoms with E-state index >= 15 is 0 Å². The molecule has 1 aromatic carbocycles. The van der Waals surface area contributed by atoms with E-state index in [9.17, 15) is 0 Å². The third kappa shape index (κ3) is 3.35. The fraction of sp³-hybridized carbons (Fsp3) is 0.538. The Morgan fingerprint density at radius 2 is 1.59 bits per heavy atom. The lowest BCUT2D eigenvalue weighted by molar-refractivity contribution is 0.148. The Labute approximate surface area is 113 Å². The highest BCUT2D eigenvalue weighted by Gasteiger charge is 2.14. The lowest BCUT2D eigenvalue weighted by atomic mass is 10.1. The minimum Gasteiger partial charge on any atom is -0.304 e. The number of nitrogens with zero attached hydrogens (tertiary/aromatic N) is 2. The summed E-state index contributed by atoms with van der Waals surface area (Å²) in [5, 5.41) is 1.53. The number of hydrogen-bond acceptors (Lipinski definition) is 2. The van der Waals surface area contributed by atoms with Crippen molar-refractivity contribution in [1.82, 2.24) is 9.80 Å². The number of piperazine rings is 1. The highest BCUT2D eigenvalue weighted by atomic mass is 35.5. The number of hydrogen-bond donors (Lipinski definition) is 0. The third-order valence-electron chi connectivity index (χ3n) is 3.34. The molecule has 0 spiro atoms. The van der Waals surface area contributed by atoms with Gasteiger partial charge in [-0.25, -0.2) is 0 Å². The average molecular weight is 273 g/mol. The summed E-state index contributed by atoms with van der Waals surface area (Å²) < 4.78 is 0. The quantitative estimate of drug-likeness (QED) is 0.817. The molecule has 0 aromatic heterocycles. The second kappa shape index (κ2) is 5.57. The van der Waals surface area contributed by atoms with Crippen LogP contribution < -0.4 is 0 Å². The molecule has 1 heterocycles. The molecular formula is C13H18Cl2N2. The minimum absolute atomic E-state index is 0.765. The maximum atomic E-state index is 6.15. The van der Waals surface area contributed by atoms with Crippen LogP contribution in [0.1, 0.15) is 11.1 Å². The van der Waals surface area contributed by atoms with Crippen LogP contribution in [0.2, 0.25) is 10.0 Å². The molecular weight excluding hydrogens is 255 g/mol. The zero-order chi connectivity index (χ0) is 12.4. The second-order valence-electron chi connectivity index (χ2n) is 4.76. The molecule has 94 valence electrons. The molecule has 2 nitrogen and oxygen atoms in total. The van der Waals surface area contributed by atoms with E-state index in [1.165, 1.54) is 5.56 Å². The summed E-state index contributed by atoms with van der Waals surface area (Å²) in [5.41, 5.74) is 2.17. The van der Waals surface area contributed by atoms with Gasteiger partial charge in [0, 0.05) is 42.8 Å². The molecule has 17 heavy (non-hydrogen) atoms. The average Bonchev–Trinajstić information content (AvgIpc) is 2.29. The van der Waals surface area contributed by atoms with Gasteiger partial charge in [-0.2, -0.15) is 0 Å². The molecule has 0 unspecified atom stereocenters. The summed E-state index contributed by atoms with van der Waals surface area (Å²) in [5.74, 6) is 0. The number of rotatable bonds is 2. The van der Waals surface area contributed by atoms with Crippen molar-refractivity contribution in [1.29, 1.82) is 0 Å². The van der Waals surface area contributed by atoms with Crippen LogP contribution in [0.4, 0.5) is 0 Å². The summed E-state index contributed by atoms with van der Waals surface area (Å²) in [6.07, 6.45) is 0. The normalized spacial score (nSPS) is 18.6. The van der Waals surface area contributed by atoms with E-state index < -0.39 is 0 Å². The van der Waals surface area contributed by atoms with Gasteiger partial charge in [-0.05, 0) is 37.2 Å². The number of benzene rings is 1. The van der Waals surface area contributed by atoms with Crippen LogP contribution in [0, 0.1) is 6.92 Å². The monoisotopic (exact) mass is 272 g/mol. The highest BCUT2D eigenvalue weighted by molar-refractivity contribution is 6.36. The highest BCUT2D eigenvalue weighted by Crippen LogP contribution is 2.26. The predicted octanol–water partition coefficient (Wildman–Crippen LogP) is 3.05. The van der Waals surface area contributed by atoms with E-state index in [0.717, 1.165) is 48.3 Å². The van der Waals surface area contributed by atoms with Crippen molar-refractivity contribution in [2.75, 3.05) is 33.2 Å². The smallest absolute Gasteiger partial charge is 0.0453 e. The van der Waals surface area contributed by atoms with Gasteiger partial charge in [0.25, 0.3) is 0 Å². The van der Waals surface area contributed by atoms with Crippen LogP contribution in [0.15, 0.2) is 12.1 Å². The molecule has 1 saturated heterocycles. The Morgan fingerprint density at radius 3 is 2.12 bits per heavy atom. The van der Waals surface area contributed by atoms with Gasteiger partial charge >= 0.3 is 0 Å². The van der Waals surface area contributed by atoms with Crippen LogP contribution in [0.3, 0.4) is 0 Å². The van der Waals surface area contributed by atoms with E-state index in [2.05, 4.69) is 16.8 Å². The predicted molar refractivity (Wildman–Crippen MR) is 74.0 cm³/mol. The molecule has 2 rings (SSSR count). The Kier molecular flexibility index (Phi) is 4.31. The Bertz CT molecular complexity index is 375. The van der Waals surface area contributed by atoms with E-state index in [-0.39, 0.29) is 0 Å². The van der Waals surface area contributed by atoms with Gasteiger partial charge in [0.1, 0.15) is 0 Å². The maximum Gasteiger partial charge on any atom is 0.0453 e. The van der Waals surface area contributed by atoms with Gasteiger partial charge in [0.15, 0.2) is 0 Å². The van der Waals surface area contributed by atoms with Gasteiger partial charge < -0.3 is 4.90 Å². The van der Waals surface area contributed by atoms with Crippen molar-refractivity contribution in [2.24, 2.45) is 0 Å². The Morgan fingerprint density at radius 1 is 1.06 bits per heavy atom. The van der Waals surface area contributed by atoms with Crippen LogP contribution >= 0.6 is 23.2 Å². The molecule has 0 amide bonds. The van der Waals surface area contributed by atoms with E-state index in [0.29, 0.717) is 0 Å². The molecule has 0 saturated carbocycles. The van der Waals surface area contributed by atoms with Crippen molar-refractivity contribution < 1.29 is 0 Å². The number of likely N-dealkylation sites (N-methyl/N-ethyl adjacent to an activating group) is 1. The third-order valence-corrected chi connectivity index (χ3v) is 4.13. The van der Waals surface area contributed by atoms with Gasteiger partial charge in [0.2, 0.25) is 0 Å². The Balaban J connectivity index is 2.04. The van der Waals surface area contributed by atoms with E-state index in [4.69, 9.17) is 23.2 Å². The van der Waals surface area contributed by atoms with Gasteiger partial charge in [-0.3, -0.25) is 4.90 Å². The Hall–Kier alpha value is -0.280. The molecule has 1 aromatic rings. The van der Waals surface area contributed by atoms with Crippen LogP contribution in [0.25, 0.3) is 0 Å². The molecule has 1 aliphatic heterocycles. The van der Waals surface area contributed by atoms with Crippen LogP contribution in [-0.2, 0) is 6.54 Å². The summed E-state index contributed by atoms with van der Waals surface area (Å²) in [6.45, 7) is 7.37. The van der Waals surface area contributed by atoms with Crippen molar-refractivity contribution in [2.45, 2.75) is 13.5 Å². The molecule has 1 fully saturated rings. The summed E-state index contributed by atoms with van der Waals surface area (Å²) >= 11 is 12.3. The molecule has 0 aliphatic carbocycles. The van der Waals surface area contributed by atoms with Gasteiger partial charge in [-0.15, -0.1) is 0 Å². The standard InChI is InChI=1S/C13H18Cl2N2/c1-10-12(14)7-11(8-13(10)15)9-17-5-3-16(2)4-6-17/h7-8H,3-6,9H2,1-2H3. The lowest BCUT2D eigenvalue weighted by Gasteiger charge is -2.32. The molecule has 0 atom stereocenters. The first-order valence-corrected chi connectivity index (χ1v) is 6.67. The molecule has 1 aliphatic rings. The van der Waals surface area contributed by atoms with Gasteiger partial charge in [-0.1, -0.05) is 23.2 Å². The topological polar surface area (TPSA) is 6.48 Å². The molecule has 4 heteroatoms. The first-order chi connectivity index (χ1) is 8.06. The van der Waals surface area contributed by atoms with E-state index in [1.807, 2.05) is 19.1 Å². The molecule has 0 radical (unpaired) electrons. The second-order valence-corrected chi connectivity index (χ2v) is 5.58. The summed E-state index contributed by atoms with van der Waals surface area (Å²) in [4.78, 5) is 4.79. The van der Waals surface area contributed by atoms with Crippen molar-refractivity contribution in [3.8, 4) is 0 Å². The minimum atomic E-state index is 0.765. The van der Waals surface area contributed by atoms with E-state index in [1.54, 1.807) is 0 Å². The van der Waals surface area contributed by atoms with Crippen LogP contribution in [0.5, 0.6) is 0 Å². The maximum absolute atomic E-state index is 6.15. The first-order valence-electron chi connectivity index (χ1n) is 5.91. The fourth-order valence-corrected chi connectivity index (χ4v) is 2.59. The molecule has 0 N–H and O–H groups in total. The lowest BCUT2D eigenvalue weighted by Crippen LogP contribution is -2.43. The fourth-order valence-electron chi connectivity index (χ4n) is 2.05. The zero-order valence-electron chi connectivity index (χ0n) is 10.3. The largest absolute Gasteiger partial charge is 0.304 e. The zero-order valence-corrected chi connectivity index (χ0v) is 11.9. The van der Waals surface area contributed by atoms with Crippen molar-refractivity contribution in [3.05, 3.63) is 33.3 Å². The molecule has 0 bridgehead atoms. The SMILES string of the molecule is Cc1c(Cl)cc(CN2CCN(C)CC2)cc1Cl. The number of halogens is 2.